The molecule has 1 heterocycles. The lowest BCUT2D eigenvalue weighted by atomic mass is 9.81. The first kappa shape index (κ1) is 11.8. The van der Waals surface area contributed by atoms with Crippen LogP contribution in [-0.4, -0.2) is 16.0 Å². The third kappa shape index (κ3) is 1.68. The van der Waals surface area contributed by atoms with Crippen LogP contribution in [0.5, 0.6) is 5.75 Å². The maximum Gasteiger partial charge on any atom is 0.164 e. The molecule has 1 aliphatic heterocycles. The van der Waals surface area contributed by atoms with Crippen LogP contribution in [0.15, 0.2) is 23.2 Å². The minimum absolute atomic E-state index is 0.306. The van der Waals surface area contributed by atoms with Crippen molar-refractivity contribution < 1.29 is 9.50 Å². The maximum absolute atomic E-state index is 13.2. The number of nitrogens with zero attached hydrogens (tertiary/aromatic N) is 1. The first-order valence-electron chi connectivity index (χ1n) is 6.09. The molecule has 1 fully saturated rings. The van der Waals surface area contributed by atoms with Crippen molar-refractivity contribution in [1.29, 1.82) is 0 Å². The monoisotopic (exact) mass is 266 g/mol. The minimum Gasteiger partial charge on any atom is -0.505 e. The third-order valence-corrected chi connectivity index (χ3v) is 4.93. The zero-order chi connectivity index (χ0) is 12.8. The largest absolute Gasteiger partial charge is 0.505 e. The minimum atomic E-state index is -0.591. The Labute approximate surface area is 109 Å². The van der Waals surface area contributed by atoms with Crippen molar-refractivity contribution in [3.63, 3.8) is 0 Å². The molecule has 5 heteroatoms. The Bertz CT molecular complexity index is 520. The summed E-state index contributed by atoms with van der Waals surface area (Å²) in [5, 5.41) is 10.1. The molecule has 3 nitrogen and oxygen atoms in total. The van der Waals surface area contributed by atoms with Gasteiger partial charge in [-0.3, -0.25) is 4.99 Å². The Balaban J connectivity index is 2.11. The Hall–Kier alpha value is -1.23. The number of halogens is 1. The fourth-order valence-corrected chi connectivity index (χ4v) is 4.11. The van der Waals surface area contributed by atoms with Gasteiger partial charge in [0, 0.05) is 5.75 Å². The predicted octanol–water partition coefficient (Wildman–Crippen LogP) is 2.59. The van der Waals surface area contributed by atoms with Gasteiger partial charge in [0.2, 0.25) is 0 Å². The number of phenols is 1. The molecule has 1 saturated carbocycles. The molecule has 2 aliphatic rings. The van der Waals surface area contributed by atoms with Crippen molar-refractivity contribution in [3.05, 3.63) is 29.6 Å². The molecule has 96 valence electrons. The summed E-state index contributed by atoms with van der Waals surface area (Å²) in [6.45, 7) is 0. The fraction of sp³-hybridized carbons (Fsp3) is 0.462. The summed E-state index contributed by atoms with van der Waals surface area (Å²) < 4.78 is 13.2. The molecular formula is C13H15FN2OS. The Morgan fingerprint density at radius 2 is 2.33 bits per heavy atom. The van der Waals surface area contributed by atoms with Gasteiger partial charge < -0.3 is 10.8 Å². The molecule has 0 spiro atoms. The summed E-state index contributed by atoms with van der Waals surface area (Å²) >= 11 is 1.59. The average Bonchev–Trinajstić information content (AvgIpc) is 2.76. The number of aromatic hydroxyl groups is 1. The van der Waals surface area contributed by atoms with Gasteiger partial charge in [-0.25, -0.2) is 4.39 Å². The lowest BCUT2D eigenvalue weighted by Crippen LogP contribution is -2.36. The highest BCUT2D eigenvalue weighted by Crippen LogP contribution is 2.51. The van der Waals surface area contributed by atoms with E-state index in [2.05, 4.69) is 4.99 Å². The van der Waals surface area contributed by atoms with E-state index >= 15 is 0 Å². The van der Waals surface area contributed by atoms with Crippen LogP contribution >= 0.6 is 11.8 Å². The molecular weight excluding hydrogens is 251 g/mol. The smallest absolute Gasteiger partial charge is 0.164 e. The molecule has 0 bridgehead atoms. The van der Waals surface area contributed by atoms with Crippen LogP contribution in [0.3, 0.4) is 0 Å². The highest BCUT2D eigenvalue weighted by atomic mass is 32.2. The topological polar surface area (TPSA) is 58.6 Å². The summed E-state index contributed by atoms with van der Waals surface area (Å²) in [6.07, 6.45) is 3.13. The number of hydrogen-bond acceptors (Lipinski definition) is 4. The van der Waals surface area contributed by atoms with Crippen LogP contribution in [-0.2, 0) is 5.54 Å². The van der Waals surface area contributed by atoms with E-state index in [0.29, 0.717) is 11.1 Å². The van der Waals surface area contributed by atoms with Gasteiger partial charge in [-0.2, -0.15) is 0 Å². The second kappa shape index (κ2) is 4.16. The van der Waals surface area contributed by atoms with Crippen LogP contribution in [0.2, 0.25) is 0 Å². The normalized spacial score (nSPS) is 30.9. The van der Waals surface area contributed by atoms with Gasteiger partial charge in [-0.1, -0.05) is 24.2 Å². The Morgan fingerprint density at radius 1 is 1.50 bits per heavy atom. The van der Waals surface area contributed by atoms with Gasteiger partial charge in [0.05, 0.1) is 5.54 Å². The summed E-state index contributed by atoms with van der Waals surface area (Å²) in [5.41, 5.74) is 6.39. The standard InChI is InChI=1S/C13H15FN2OS/c14-10-4-3-8(6-11(10)17)13-5-1-2-9(13)7-18-12(15)16-13/h3-4,6,9,17H,1-2,5,7H2,(H2,15,16)/t9?,13-/m1/s1. The number of benzene rings is 1. The highest BCUT2D eigenvalue weighted by Gasteiger charge is 2.46. The molecule has 1 unspecified atom stereocenters. The Kier molecular flexibility index (Phi) is 2.73. The van der Waals surface area contributed by atoms with E-state index in [4.69, 9.17) is 5.73 Å². The lowest BCUT2D eigenvalue weighted by molar-refractivity contribution is 0.351. The van der Waals surface area contributed by atoms with Crippen molar-refractivity contribution in [2.24, 2.45) is 16.6 Å². The van der Waals surface area contributed by atoms with E-state index < -0.39 is 5.82 Å². The summed E-state index contributed by atoms with van der Waals surface area (Å²) in [6, 6.07) is 4.53. The summed E-state index contributed by atoms with van der Waals surface area (Å²) in [4.78, 5) is 4.64. The number of thioether (sulfide) groups is 1. The lowest BCUT2D eigenvalue weighted by Gasteiger charge is -2.35. The Morgan fingerprint density at radius 3 is 3.11 bits per heavy atom. The molecule has 3 N–H and O–H groups in total. The van der Waals surface area contributed by atoms with Crippen LogP contribution in [0, 0.1) is 11.7 Å². The molecule has 2 atom stereocenters. The molecule has 0 radical (unpaired) electrons. The third-order valence-electron chi connectivity index (χ3n) is 3.97. The molecule has 0 saturated heterocycles. The SMILES string of the molecule is NC1=N[C@@]2(c3ccc(F)c(O)c3)CCCC2CS1. The van der Waals surface area contributed by atoms with Gasteiger partial charge >= 0.3 is 0 Å². The van der Waals surface area contributed by atoms with Crippen molar-refractivity contribution >= 4 is 16.9 Å². The van der Waals surface area contributed by atoms with E-state index in [1.165, 1.54) is 12.1 Å². The number of aliphatic imine (C=N–C) groups is 1. The van der Waals surface area contributed by atoms with Gasteiger partial charge in [0.1, 0.15) is 0 Å². The fourth-order valence-electron chi connectivity index (χ4n) is 3.07. The van der Waals surface area contributed by atoms with E-state index in [1.54, 1.807) is 17.8 Å². The molecule has 18 heavy (non-hydrogen) atoms. The van der Waals surface area contributed by atoms with Crippen LogP contribution in [0.4, 0.5) is 4.39 Å². The molecule has 1 aromatic rings. The van der Waals surface area contributed by atoms with Crippen LogP contribution < -0.4 is 5.73 Å². The number of rotatable bonds is 1. The number of amidine groups is 1. The zero-order valence-electron chi connectivity index (χ0n) is 9.90. The average molecular weight is 266 g/mol. The number of nitrogens with two attached hydrogens (primary N) is 1. The van der Waals surface area contributed by atoms with Crippen molar-refractivity contribution in [2.75, 3.05) is 5.75 Å². The van der Waals surface area contributed by atoms with Crippen LogP contribution in [0.25, 0.3) is 0 Å². The van der Waals surface area contributed by atoms with Crippen molar-refractivity contribution in [3.8, 4) is 5.75 Å². The molecule has 0 aromatic heterocycles. The highest BCUT2D eigenvalue weighted by molar-refractivity contribution is 8.13. The van der Waals surface area contributed by atoms with Gasteiger partial charge in [-0.15, -0.1) is 0 Å². The zero-order valence-corrected chi connectivity index (χ0v) is 10.7. The quantitative estimate of drug-likeness (QED) is 0.821. The number of hydrogen-bond donors (Lipinski definition) is 2. The molecule has 1 aliphatic carbocycles. The first-order chi connectivity index (χ1) is 8.62. The molecule has 3 rings (SSSR count). The number of fused-ring (bicyclic) bond motifs is 1. The van der Waals surface area contributed by atoms with Gasteiger partial charge in [0.15, 0.2) is 16.7 Å². The van der Waals surface area contributed by atoms with E-state index in [-0.39, 0.29) is 11.3 Å². The van der Waals surface area contributed by atoms with Crippen LogP contribution in [0.1, 0.15) is 24.8 Å². The molecule has 1 aromatic carbocycles. The summed E-state index contributed by atoms with van der Waals surface area (Å²) in [5.74, 6) is 0.485. The van der Waals surface area contributed by atoms with Gasteiger partial charge in [-0.05, 0) is 36.5 Å². The maximum atomic E-state index is 13.2. The van der Waals surface area contributed by atoms with E-state index in [9.17, 15) is 9.50 Å². The van der Waals surface area contributed by atoms with Crippen molar-refractivity contribution in [2.45, 2.75) is 24.8 Å². The second-order valence-corrected chi connectivity index (χ2v) is 5.98. The van der Waals surface area contributed by atoms with E-state index in [0.717, 1.165) is 30.6 Å². The van der Waals surface area contributed by atoms with E-state index in [1.807, 2.05) is 0 Å². The first-order valence-corrected chi connectivity index (χ1v) is 7.07. The van der Waals surface area contributed by atoms with Crippen molar-refractivity contribution in [1.82, 2.24) is 0 Å². The van der Waals surface area contributed by atoms with Gasteiger partial charge in [0.25, 0.3) is 0 Å². The molecule has 0 amide bonds. The predicted molar refractivity (Wildman–Crippen MR) is 71.2 cm³/mol. The number of phenolic OH excluding ortho intramolecular Hbond substituents is 1. The second-order valence-electron chi connectivity index (χ2n) is 4.94. The summed E-state index contributed by atoms with van der Waals surface area (Å²) in [7, 11) is 0.